The van der Waals surface area contributed by atoms with E-state index in [-0.39, 0.29) is 10.8 Å². The number of carbonyl (C=O) groups is 1. The van der Waals surface area contributed by atoms with E-state index in [1.807, 2.05) is 24.3 Å². The van der Waals surface area contributed by atoms with Crippen LogP contribution in [-0.4, -0.2) is 57.5 Å². The maximum absolute atomic E-state index is 13.2. The van der Waals surface area contributed by atoms with E-state index in [1.165, 1.54) is 16.4 Å². The minimum atomic E-state index is -3.67. The molecule has 1 saturated heterocycles. The molecular formula is C27H30ClN3O5S. The van der Waals surface area contributed by atoms with Crippen LogP contribution >= 0.6 is 11.6 Å². The first kappa shape index (κ1) is 26.8. The lowest BCUT2D eigenvalue weighted by molar-refractivity contribution is -0.128. The Bertz CT molecular complexity index is 1340. The van der Waals surface area contributed by atoms with Crippen LogP contribution in [0.15, 0.2) is 77.7 Å². The van der Waals surface area contributed by atoms with Gasteiger partial charge in [0.15, 0.2) is 5.60 Å². The highest BCUT2D eigenvalue weighted by molar-refractivity contribution is 7.89. The Labute approximate surface area is 222 Å². The van der Waals surface area contributed by atoms with Crippen molar-refractivity contribution in [2.75, 3.05) is 43.5 Å². The van der Waals surface area contributed by atoms with E-state index in [2.05, 4.69) is 10.2 Å². The van der Waals surface area contributed by atoms with Crippen molar-refractivity contribution in [2.45, 2.75) is 24.3 Å². The number of sulfonamides is 1. The van der Waals surface area contributed by atoms with Gasteiger partial charge in [-0.2, -0.15) is 4.31 Å². The number of nitrogens with one attached hydrogen (secondary N) is 1. The molecule has 1 aliphatic rings. The van der Waals surface area contributed by atoms with E-state index in [4.69, 9.17) is 21.1 Å². The second-order valence-corrected chi connectivity index (χ2v) is 11.5. The van der Waals surface area contributed by atoms with Gasteiger partial charge < -0.3 is 19.7 Å². The van der Waals surface area contributed by atoms with Crippen LogP contribution in [0.1, 0.15) is 13.8 Å². The Kier molecular flexibility index (Phi) is 7.96. The average Bonchev–Trinajstić information content (AvgIpc) is 2.90. The largest absolute Gasteiger partial charge is 0.495 e. The summed E-state index contributed by atoms with van der Waals surface area (Å²) in [7, 11) is -2.05. The standard InChI is InChI=1S/C27H30ClN3O5S/c1-27(2,36-22-12-8-20(28)9-13-22)26(32)29-21-10-14-23(15-11-21)37(33,34)31-18-16-30(17-19-31)24-6-4-5-7-25(24)35-3/h4-15H,16-19H2,1-3H3,(H,29,32). The molecule has 1 heterocycles. The number of carbonyl (C=O) groups excluding carboxylic acids is 1. The van der Waals surface area contributed by atoms with Crippen molar-refractivity contribution < 1.29 is 22.7 Å². The van der Waals surface area contributed by atoms with Gasteiger partial charge in [-0.1, -0.05) is 23.7 Å². The molecule has 0 atom stereocenters. The number of halogens is 1. The molecule has 196 valence electrons. The van der Waals surface area contributed by atoms with Crippen LogP contribution in [0.4, 0.5) is 11.4 Å². The van der Waals surface area contributed by atoms with Gasteiger partial charge in [-0.05, 0) is 74.5 Å². The molecule has 3 aromatic carbocycles. The number of methoxy groups -OCH3 is 1. The molecule has 10 heteroatoms. The highest BCUT2D eigenvalue weighted by Gasteiger charge is 2.31. The molecule has 1 N–H and O–H groups in total. The third-order valence-corrected chi connectivity index (χ3v) is 8.31. The lowest BCUT2D eigenvalue weighted by Gasteiger charge is -2.35. The van der Waals surface area contributed by atoms with Crippen molar-refractivity contribution >= 4 is 38.9 Å². The first-order chi connectivity index (χ1) is 17.6. The monoisotopic (exact) mass is 543 g/mol. The summed E-state index contributed by atoms with van der Waals surface area (Å²) in [6.07, 6.45) is 0. The number of amides is 1. The Hall–Kier alpha value is -3.27. The van der Waals surface area contributed by atoms with Crippen LogP contribution < -0.4 is 19.7 Å². The van der Waals surface area contributed by atoms with Gasteiger partial charge in [-0.15, -0.1) is 0 Å². The summed E-state index contributed by atoms with van der Waals surface area (Å²) in [5, 5.41) is 3.36. The van der Waals surface area contributed by atoms with E-state index in [1.54, 1.807) is 57.4 Å². The fraction of sp³-hybridized carbons (Fsp3) is 0.296. The van der Waals surface area contributed by atoms with Gasteiger partial charge in [0.1, 0.15) is 11.5 Å². The van der Waals surface area contributed by atoms with Crippen LogP contribution in [0.5, 0.6) is 11.5 Å². The number of hydrogen-bond acceptors (Lipinski definition) is 6. The van der Waals surface area contributed by atoms with E-state index < -0.39 is 15.6 Å². The molecule has 1 fully saturated rings. The fourth-order valence-corrected chi connectivity index (χ4v) is 5.59. The SMILES string of the molecule is COc1ccccc1N1CCN(S(=O)(=O)c2ccc(NC(=O)C(C)(C)Oc3ccc(Cl)cc3)cc2)CC1. The highest BCUT2D eigenvalue weighted by Crippen LogP contribution is 2.30. The molecule has 0 bridgehead atoms. The van der Waals surface area contributed by atoms with Crippen LogP contribution in [0.25, 0.3) is 0 Å². The number of hydrogen-bond donors (Lipinski definition) is 1. The summed E-state index contributed by atoms with van der Waals surface area (Å²) in [4.78, 5) is 15.1. The van der Waals surface area contributed by atoms with Crippen LogP contribution in [0.3, 0.4) is 0 Å². The predicted molar refractivity (Wildman–Crippen MR) is 145 cm³/mol. The van der Waals surface area contributed by atoms with Gasteiger partial charge >= 0.3 is 0 Å². The molecule has 4 rings (SSSR count). The summed E-state index contributed by atoms with van der Waals surface area (Å²) in [5.74, 6) is 0.903. The van der Waals surface area contributed by atoms with Crippen molar-refractivity contribution in [2.24, 2.45) is 0 Å². The molecule has 0 saturated carbocycles. The molecule has 0 unspecified atom stereocenters. The molecule has 0 radical (unpaired) electrons. The summed E-state index contributed by atoms with van der Waals surface area (Å²) < 4.78 is 39.2. The normalized spacial score (nSPS) is 14.8. The highest BCUT2D eigenvalue weighted by atomic mass is 35.5. The molecule has 3 aromatic rings. The number of nitrogens with zero attached hydrogens (tertiary/aromatic N) is 2. The third-order valence-electron chi connectivity index (χ3n) is 6.15. The van der Waals surface area contributed by atoms with E-state index in [0.717, 1.165) is 11.4 Å². The van der Waals surface area contributed by atoms with Crippen LogP contribution in [-0.2, 0) is 14.8 Å². The number of para-hydroxylation sites is 2. The van der Waals surface area contributed by atoms with Crippen LogP contribution in [0.2, 0.25) is 5.02 Å². The maximum atomic E-state index is 13.2. The van der Waals surface area contributed by atoms with Crippen molar-refractivity contribution in [1.82, 2.24) is 4.31 Å². The van der Waals surface area contributed by atoms with Crippen molar-refractivity contribution in [3.8, 4) is 11.5 Å². The molecular weight excluding hydrogens is 514 g/mol. The molecule has 1 amide bonds. The van der Waals surface area contributed by atoms with Crippen LogP contribution in [0, 0.1) is 0 Å². The van der Waals surface area contributed by atoms with E-state index >= 15 is 0 Å². The number of piperazine rings is 1. The lowest BCUT2D eigenvalue weighted by Crippen LogP contribution is -2.48. The Morgan fingerprint density at radius 3 is 2.16 bits per heavy atom. The topological polar surface area (TPSA) is 88.2 Å². The minimum absolute atomic E-state index is 0.174. The summed E-state index contributed by atoms with van der Waals surface area (Å²) >= 11 is 5.90. The average molecular weight is 544 g/mol. The first-order valence-corrected chi connectivity index (χ1v) is 13.7. The summed E-state index contributed by atoms with van der Waals surface area (Å²) in [6.45, 7) is 5.12. The number of rotatable bonds is 8. The number of anilines is 2. The predicted octanol–water partition coefficient (Wildman–Crippen LogP) is 4.66. The molecule has 0 aromatic heterocycles. The molecule has 0 spiro atoms. The van der Waals surface area contributed by atoms with Gasteiger partial charge in [0, 0.05) is 36.9 Å². The summed E-state index contributed by atoms with van der Waals surface area (Å²) in [6, 6.07) is 20.6. The zero-order chi connectivity index (χ0) is 26.6. The first-order valence-electron chi connectivity index (χ1n) is 11.8. The zero-order valence-electron chi connectivity index (χ0n) is 21.0. The molecule has 1 aliphatic heterocycles. The van der Waals surface area contributed by atoms with E-state index in [9.17, 15) is 13.2 Å². The van der Waals surface area contributed by atoms with Crippen molar-refractivity contribution in [3.05, 3.63) is 77.8 Å². The molecule has 0 aliphatic carbocycles. The molecule has 8 nitrogen and oxygen atoms in total. The lowest BCUT2D eigenvalue weighted by atomic mass is 10.1. The number of benzene rings is 3. The number of ether oxygens (including phenoxy) is 2. The van der Waals surface area contributed by atoms with Gasteiger partial charge in [0.25, 0.3) is 5.91 Å². The minimum Gasteiger partial charge on any atom is -0.495 e. The van der Waals surface area contributed by atoms with Gasteiger partial charge in [0.05, 0.1) is 17.7 Å². The van der Waals surface area contributed by atoms with Crippen molar-refractivity contribution in [3.63, 3.8) is 0 Å². The second-order valence-electron chi connectivity index (χ2n) is 9.11. The maximum Gasteiger partial charge on any atom is 0.267 e. The third kappa shape index (κ3) is 6.18. The Balaban J connectivity index is 1.38. The quantitative estimate of drug-likeness (QED) is 0.445. The van der Waals surface area contributed by atoms with Gasteiger partial charge in [0.2, 0.25) is 10.0 Å². The Morgan fingerprint density at radius 1 is 0.919 bits per heavy atom. The Morgan fingerprint density at radius 2 is 1.54 bits per heavy atom. The molecule has 37 heavy (non-hydrogen) atoms. The van der Waals surface area contributed by atoms with Crippen molar-refractivity contribution in [1.29, 1.82) is 0 Å². The van der Waals surface area contributed by atoms with Gasteiger partial charge in [-0.3, -0.25) is 4.79 Å². The summed E-state index contributed by atoms with van der Waals surface area (Å²) in [5.41, 5.74) is 0.252. The zero-order valence-corrected chi connectivity index (χ0v) is 22.6. The smallest absolute Gasteiger partial charge is 0.267 e. The second kappa shape index (κ2) is 11.0. The van der Waals surface area contributed by atoms with Gasteiger partial charge in [-0.25, -0.2) is 8.42 Å². The van der Waals surface area contributed by atoms with E-state index in [0.29, 0.717) is 42.6 Å². The fourth-order valence-electron chi connectivity index (χ4n) is 4.04.